The van der Waals surface area contributed by atoms with Gasteiger partial charge in [-0.3, -0.25) is 9.59 Å². The molecule has 128 valence electrons. The van der Waals surface area contributed by atoms with Gasteiger partial charge in [-0.25, -0.2) is 9.69 Å². The van der Waals surface area contributed by atoms with E-state index >= 15 is 0 Å². The number of ether oxygens (including phenoxy) is 1. The lowest BCUT2D eigenvalue weighted by atomic mass is 9.85. The highest BCUT2D eigenvalue weighted by atomic mass is 16.5. The van der Waals surface area contributed by atoms with E-state index in [0.717, 1.165) is 12.8 Å². The van der Waals surface area contributed by atoms with Crippen LogP contribution in [0.4, 0.5) is 5.69 Å². The van der Waals surface area contributed by atoms with Crippen LogP contribution in [0.25, 0.3) is 0 Å². The average Bonchev–Trinajstić information content (AvgIpc) is 3.20. The van der Waals surface area contributed by atoms with Crippen molar-refractivity contribution in [1.82, 2.24) is 0 Å². The van der Waals surface area contributed by atoms with Crippen molar-refractivity contribution < 1.29 is 19.1 Å². The van der Waals surface area contributed by atoms with Crippen LogP contribution in [0.2, 0.25) is 0 Å². The number of imide groups is 1. The Morgan fingerprint density at radius 1 is 1.12 bits per heavy atom. The fourth-order valence-electron chi connectivity index (χ4n) is 5.37. The molecule has 0 unspecified atom stereocenters. The van der Waals surface area contributed by atoms with Gasteiger partial charge < -0.3 is 4.74 Å². The molecule has 1 aromatic rings. The van der Waals surface area contributed by atoms with Crippen molar-refractivity contribution in [2.24, 2.45) is 29.1 Å². The smallest absolute Gasteiger partial charge is 0.340 e. The number of nitrogens with zero attached hydrogens (tertiary/aromatic N) is 1. The molecule has 0 radical (unpaired) electrons. The Balaban J connectivity index is 1.55. The molecule has 2 bridgehead atoms. The number of amides is 2. The zero-order chi connectivity index (χ0) is 17.3. The number of fused-ring (bicyclic) bond motifs is 3. The lowest BCUT2D eigenvalue weighted by Gasteiger charge is -2.23. The third kappa shape index (κ3) is 1.71. The summed E-state index contributed by atoms with van der Waals surface area (Å²) in [6.07, 6.45) is 6.51. The summed E-state index contributed by atoms with van der Waals surface area (Å²) in [6, 6.07) is 6.72. The minimum Gasteiger partial charge on any atom is -0.462 e. The van der Waals surface area contributed by atoms with Crippen LogP contribution in [0.3, 0.4) is 0 Å². The van der Waals surface area contributed by atoms with Gasteiger partial charge in [0.25, 0.3) is 0 Å². The maximum Gasteiger partial charge on any atom is 0.340 e. The van der Waals surface area contributed by atoms with Crippen molar-refractivity contribution in [3.05, 3.63) is 42.0 Å². The molecule has 5 nitrogen and oxygen atoms in total. The van der Waals surface area contributed by atoms with E-state index in [0.29, 0.717) is 5.69 Å². The standard InChI is InChI=1S/C20H19NO4/c1-2-25-19(24)11-5-3-4-6-14(11)21-17(22)15-12-7-8-13(16(15)18(21)23)20(12)9-10-20/h3-8,12-13,15-16H,2,9-10H2,1H3/t12-,13-,15-,16+/m0/s1. The van der Waals surface area contributed by atoms with Gasteiger partial charge in [-0.1, -0.05) is 24.3 Å². The van der Waals surface area contributed by atoms with Crippen molar-refractivity contribution in [2.75, 3.05) is 11.5 Å². The van der Waals surface area contributed by atoms with Crippen LogP contribution >= 0.6 is 0 Å². The summed E-state index contributed by atoms with van der Waals surface area (Å²) in [5.74, 6) is -0.988. The third-order valence-electron chi connectivity index (χ3n) is 6.49. The first-order valence-corrected chi connectivity index (χ1v) is 8.92. The van der Waals surface area contributed by atoms with Crippen LogP contribution in [0.5, 0.6) is 0 Å². The van der Waals surface area contributed by atoms with E-state index in [4.69, 9.17) is 4.74 Å². The topological polar surface area (TPSA) is 63.7 Å². The second kappa shape index (κ2) is 4.81. The fraction of sp³-hybridized carbons (Fsp3) is 0.450. The second-order valence-electron chi connectivity index (χ2n) is 7.47. The highest BCUT2D eigenvalue weighted by Crippen LogP contribution is 2.73. The van der Waals surface area contributed by atoms with E-state index in [1.54, 1.807) is 31.2 Å². The first kappa shape index (κ1) is 14.9. The number of carbonyl (C=O) groups is 3. The van der Waals surface area contributed by atoms with Gasteiger partial charge in [-0.05, 0) is 49.1 Å². The van der Waals surface area contributed by atoms with E-state index in [2.05, 4.69) is 12.2 Å². The minimum atomic E-state index is -0.504. The molecule has 1 spiro atoms. The van der Waals surface area contributed by atoms with Crippen LogP contribution in [0.15, 0.2) is 36.4 Å². The van der Waals surface area contributed by atoms with Gasteiger partial charge >= 0.3 is 5.97 Å². The number of hydrogen-bond donors (Lipinski definition) is 0. The molecule has 5 heteroatoms. The Morgan fingerprint density at radius 2 is 1.72 bits per heavy atom. The number of allylic oxidation sites excluding steroid dienone is 2. The van der Waals surface area contributed by atoms with Crippen molar-refractivity contribution in [2.45, 2.75) is 19.8 Å². The predicted molar refractivity (Wildman–Crippen MR) is 89.7 cm³/mol. The molecular formula is C20H19NO4. The van der Waals surface area contributed by atoms with E-state index in [1.807, 2.05) is 0 Å². The van der Waals surface area contributed by atoms with Crippen LogP contribution in [0.1, 0.15) is 30.1 Å². The summed E-state index contributed by atoms with van der Waals surface area (Å²) in [7, 11) is 0. The Kier molecular flexibility index (Phi) is 2.86. The normalized spacial score (nSPS) is 33.2. The maximum atomic E-state index is 13.2. The van der Waals surface area contributed by atoms with Crippen LogP contribution < -0.4 is 4.90 Å². The van der Waals surface area contributed by atoms with Crippen LogP contribution in [0, 0.1) is 29.1 Å². The molecular weight excluding hydrogens is 318 g/mol. The SMILES string of the molecule is CCOC(=O)c1ccccc1N1C(=O)[C@@H]2[C@H](C1=O)[C@@H]1C=C[C@@H]2C12CC2. The third-order valence-corrected chi connectivity index (χ3v) is 6.49. The molecule has 25 heavy (non-hydrogen) atoms. The van der Waals surface area contributed by atoms with Crippen molar-refractivity contribution in [3.8, 4) is 0 Å². The van der Waals surface area contributed by atoms with Crippen molar-refractivity contribution in [1.29, 1.82) is 0 Å². The summed E-state index contributed by atoms with van der Waals surface area (Å²) in [5.41, 5.74) is 0.801. The number of esters is 1. The Labute approximate surface area is 145 Å². The molecule has 1 aliphatic heterocycles. The zero-order valence-corrected chi connectivity index (χ0v) is 14.0. The second-order valence-corrected chi connectivity index (χ2v) is 7.47. The average molecular weight is 337 g/mol. The molecule has 1 aromatic carbocycles. The van der Waals surface area contributed by atoms with Gasteiger partial charge in [0.2, 0.25) is 11.8 Å². The lowest BCUT2D eigenvalue weighted by molar-refractivity contribution is -0.123. The van der Waals surface area contributed by atoms with Gasteiger partial charge in [0, 0.05) is 0 Å². The summed E-state index contributed by atoms with van der Waals surface area (Å²) in [5, 5.41) is 0. The Bertz CT molecular complexity index is 804. The summed E-state index contributed by atoms with van der Waals surface area (Å²) >= 11 is 0. The van der Waals surface area contributed by atoms with E-state index in [1.165, 1.54) is 4.90 Å². The van der Waals surface area contributed by atoms with Gasteiger partial charge in [-0.15, -0.1) is 0 Å². The Morgan fingerprint density at radius 3 is 2.28 bits per heavy atom. The van der Waals surface area contributed by atoms with Gasteiger partial charge in [0.1, 0.15) is 0 Å². The van der Waals surface area contributed by atoms with E-state index in [9.17, 15) is 14.4 Å². The molecule has 4 atom stereocenters. The van der Waals surface area contributed by atoms with Crippen LogP contribution in [-0.4, -0.2) is 24.4 Å². The van der Waals surface area contributed by atoms with Gasteiger partial charge in [0.05, 0.1) is 29.7 Å². The fourth-order valence-corrected chi connectivity index (χ4v) is 5.37. The number of carbonyl (C=O) groups excluding carboxylic acids is 3. The quantitative estimate of drug-likeness (QED) is 0.483. The van der Waals surface area contributed by atoms with Gasteiger partial charge in [0.15, 0.2) is 0 Å². The van der Waals surface area contributed by atoms with E-state index in [-0.39, 0.29) is 53.1 Å². The summed E-state index contributed by atoms with van der Waals surface area (Å²) in [6.45, 7) is 1.98. The maximum absolute atomic E-state index is 13.2. The highest BCUT2D eigenvalue weighted by molar-refractivity contribution is 6.24. The number of hydrogen-bond acceptors (Lipinski definition) is 4. The lowest BCUT2D eigenvalue weighted by Crippen LogP contribution is -2.35. The molecule has 2 amide bonds. The van der Waals surface area contributed by atoms with E-state index < -0.39 is 5.97 Å². The molecule has 3 fully saturated rings. The van der Waals surface area contributed by atoms with Crippen LogP contribution in [-0.2, 0) is 14.3 Å². The molecule has 4 aliphatic rings. The largest absolute Gasteiger partial charge is 0.462 e. The molecule has 1 heterocycles. The minimum absolute atomic E-state index is 0.158. The first-order valence-electron chi connectivity index (χ1n) is 8.92. The summed E-state index contributed by atoms with van der Waals surface area (Å²) < 4.78 is 5.09. The number of anilines is 1. The molecule has 5 rings (SSSR count). The number of rotatable bonds is 3. The first-order chi connectivity index (χ1) is 12.1. The molecule has 1 saturated heterocycles. The zero-order valence-electron chi connectivity index (χ0n) is 14.0. The van der Waals surface area contributed by atoms with Gasteiger partial charge in [-0.2, -0.15) is 0 Å². The van der Waals surface area contributed by atoms with Crippen molar-refractivity contribution >= 4 is 23.5 Å². The molecule has 0 N–H and O–H groups in total. The number of para-hydroxylation sites is 1. The molecule has 2 saturated carbocycles. The highest BCUT2D eigenvalue weighted by Gasteiger charge is 2.73. The molecule has 3 aliphatic carbocycles. The Hall–Kier alpha value is -2.43. The molecule has 0 aromatic heterocycles. The monoisotopic (exact) mass is 337 g/mol. The number of benzene rings is 1. The van der Waals surface area contributed by atoms with Crippen molar-refractivity contribution in [3.63, 3.8) is 0 Å². The predicted octanol–water partition coefficient (Wildman–Crippen LogP) is 2.56. The summed E-state index contributed by atoms with van der Waals surface area (Å²) in [4.78, 5) is 39.8.